The molecule has 0 amide bonds. The summed E-state index contributed by atoms with van der Waals surface area (Å²) >= 11 is 0. The van der Waals surface area contributed by atoms with Crippen LogP contribution in [-0.2, 0) is 19.9 Å². The van der Waals surface area contributed by atoms with Gasteiger partial charge in [0.15, 0.2) is 15.7 Å². The van der Waals surface area contributed by atoms with Crippen LogP contribution in [0.25, 0.3) is 22.5 Å². The minimum Gasteiger partial charge on any atom is -0.397 e. The molecule has 0 bridgehead atoms. The number of nitrogens with one attached hydrogen (secondary N) is 2. The Morgan fingerprint density at radius 1 is 1.10 bits per heavy atom. The van der Waals surface area contributed by atoms with E-state index in [0.717, 1.165) is 0 Å². The highest BCUT2D eigenvalue weighted by molar-refractivity contribution is 7.94. The van der Waals surface area contributed by atoms with Crippen LogP contribution in [0.5, 0.6) is 0 Å². The van der Waals surface area contributed by atoms with Crippen molar-refractivity contribution in [1.29, 1.82) is 0 Å². The van der Waals surface area contributed by atoms with Crippen molar-refractivity contribution in [3.05, 3.63) is 30.6 Å². The van der Waals surface area contributed by atoms with Gasteiger partial charge >= 0.3 is 0 Å². The van der Waals surface area contributed by atoms with Crippen LogP contribution in [0.3, 0.4) is 0 Å². The summed E-state index contributed by atoms with van der Waals surface area (Å²) in [5.74, 6) is -0.0600. The number of rotatable bonds is 5. The van der Waals surface area contributed by atoms with E-state index in [-0.39, 0.29) is 24.5 Å². The van der Waals surface area contributed by atoms with Crippen LogP contribution < -0.4 is 16.2 Å². The fourth-order valence-electron chi connectivity index (χ4n) is 3.08. The Bertz CT molecular complexity index is 1290. The molecule has 4 rings (SSSR count). The lowest BCUT2D eigenvalue weighted by Crippen LogP contribution is -2.51. The fraction of sp³-hybridized carbons (Fsp3) is 0.200. The van der Waals surface area contributed by atoms with Crippen LogP contribution in [0.2, 0.25) is 0 Å². The molecule has 0 atom stereocenters. The smallest absolute Gasteiger partial charge is 0.240 e. The average Bonchev–Trinajstić information content (AvgIpc) is 3.12. The molecule has 12 nitrogen and oxygen atoms in total. The first kappa shape index (κ1) is 19.4. The van der Waals surface area contributed by atoms with Crippen molar-refractivity contribution in [2.24, 2.45) is 5.14 Å². The molecule has 6 N–H and O–H groups in total. The number of nitrogens with zero attached hydrogens (tertiary/aromatic N) is 4. The van der Waals surface area contributed by atoms with E-state index in [1.165, 1.54) is 24.5 Å². The van der Waals surface area contributed by atoms with Gasteiger partial charge in [0.1, 0.15) is 4.90 Å². The van der Waals surface area contributed by atoms with Gasteiger partial charge in [-0.3, -0.25) is 4.98 Å². The number of hydrogen-bond acceptors (Lipinski definition) is 10. The normalized spacial score (nSPS) is 15.2. The van der Waals surface area contributed by atoms with Crippen LogP contribution >= 0.6 is 0 Å². The molecule has 1 fully saturated rings. The molecule has 1 saturated heterocycles. The number of H-pyrrole nitrogens is 1. The van der Waals surface area contributed by atoms with Crippen LogP contribution in [0.15, 0.2) is 40.4 Å². The Kier molecular flexibility index (Phi) is 4.57. The molecule has 1 aliphatic rings. The van der Waals surface area contributed by atoms with Gasteiger partial charge < -0.3 is 11.1 Å². The molecule has 2 aromatic heterocycles. The standard InChI is InChI=1S/C15H16N8O4S2/c16-9-3-8(4-18-5-9)11-1-2-12(28(24,25)10-6-19-7-10)14(29(17,26)27)13(11)15-20-22-23-21-15/h1-5,10,19H,6-7,16H2,(H2,17,26,27)(H,20,21,22,23). The number of sulfone groups is 1. The number of anilines is 1. The molecular weight excluding hydrogens is 420 g/mol. The van der Waals surface area contributed by atoms with Crippen molar-refractivity contribution in [1.82, 2.24) is 30.9 Å². The summed E-state index contributed by atoms with van der Waals surface area (Å²) in [5.41, 5.74) is 6.80. The highest BCUT2D eigenvalue weighted by Gasteiger charge is 2.38. The molecule has 0 unspecified atom stereocenters. The third kappa shape index (κ3) is 3.35. The molecule has 0 spiro atoms. The van der Waals surface area contributed by atoms with Crippen LogP contribution in [0.1, 0.15) is 0 Å². The summed E-state index contributed by atoms with van der Waals surface area (Å²) in [6.07, 6.45) is 2.87. The minimum atomic E-state index is -4.50. The Balaban J connectivity index is 2.11. The van der Waals surface area contributed by atoms with Gasteiger partial charge in [-0.05, 0) is 28.1 Å². The summed E-state index contributed by atoms with van der Waals surface area (Å²) in [6, 6.07) is 4.24. The molecular formula is C15H16N8O4S2. The topological polar surface area (TPSA) is 200 Å². The van der Waals surface area contributed by atoms with Crippen molar-refractivity contribution in [2.45, 2.75) is 15.0 Å². The van der Waals surface area contributed by atoms with Gasteiger partial charge in [0, 0.05) is 36.6 Å². The molecule has 0 saturated carbocycles. The largest absolute Gasteiger partial charge is 0.397 e. The van der Waals surface area contributed by atoms with E-state index in [0.29, 0.717) is 16.8 Å². The number of sulfonamides is 1. The first-order valence-electron chi connectivity index (χ1n) is 8.29. The maximum absolute atomic E-state index is 13.1. The maximum Gasteiger partial charge on any atom is 0.240 e. The number of benzene rings is 1. The van der Waals surface area contributed by atoms with E-state index in [2.05, 4.69) is 30.9 Å². The zero-order valence-corrected chi connectivity index (χ0v) is 16.4. The van der Waals surface area contributed by atoms with Gasteiger partial charge in [0.05, 0.1) is 15.8 Å². The monoisotopic (exact) mass is 436 g/mol. The molecule has 0 aliphatic carbocycles. The third-order valence-electron chi connectivity index (χ3n) is 4.55. The lowest BCUT2D eigenvalue weighted by molar-refractivity contribution is 0.493. The van der Waals surface area contributed by atoms with Gasteiger partial charge in [-0.1, -0.05) is 6.07 Å². The fourth-order valence-corrected chi connectivity index (χ4v) is 6.27. The summed E-state index contributed by atoms with van der Waals surface area (Å²) in [6.45, 7) is 0.430. The van der Waals surface area contributed by atoms with E-state index in [1.54, 1.807) is 6.07 Å². The first-order chi connectivity index (χ1) is 13.7. The van der Waals surface area contributed by atoms with Gasteiger partial charge in [0.25, 0.3) is 0 Å². The van der Waals surface area contributed by atoms with Crippen LogP contribution in [0, 0.1) is 0 Å². The third-order valence-corrected chi connectivity index (χ3v) is 7.83. The van der Waals surface area contributed by atoms with Gasteiger partial charge in [-0.2, -0.15) is 0 Å². The molecule has 14 heteroatoms. The van der Waals surface area contributed by atoms with Crippen molar-refractivity contribution < 1.29 is 16.8 Å². The zero-order chi connectivity index (χ0) is 20.8. The Hall–Kier alpha value is -2.94. The van der Waals surface area contributed by atoms with E-state index in [4.69, 9.17) is 10.9 Å². The molecule has 3 aromatic rings. The van der Waals surface area contributed by atoms with Gasteiger partial charge in [0.2, 0.25) is 10.0 Å². The summed E-state index contributed by atoms with van der Waals surface area (Å²) in [7, 11) is -8.48. The molecule has 1 aromatic carbocycles. The predicted octanol–water partition coefficient (Wildman–Crippen LogP) is -1.10. The number of tetrazole rings is 1. The van der Waals surface area contributed by atoms with Crippen molar-refractivity contribution in [3.63, 3.8) is 0 Å². The number of pyridine rings is 1. The summed E-state index contributed by atoms with van der Waals surface area (Å²) in [5, 5.41) is 20.8. The number of nitrogen functional groups attached to an aromatic ring is 1. The number of primary sulfonamides is 1. The highest BCUT2D eigenvalue weighted by Crippen LogP contribution is 2.39. The van der Waals surface area contributed by atoms with Gasteiger partial charge in [-0.15, -0.1) is 5.10 Å². The molecule has 152 valence electrons. The second-order valence-corrected chi connectivity index (χ2v) is 10.1. The van der Waals surface area contributed by atoms with Crippen molar-refractivity contribution in [2.75, 3.05) is 18.8 Å². The van der Waals surface area contributed by atoms with E-state index < -0.39 is 34.9 Å². The summed E-state index contributed by atoms with van der Waals surface area (Å²) in [4.78, 5) is 3.02. The number of aromatic amines is 1. The SMILES string of the molecule is Nc1cncc(-c2ccc(S(=O)(=O)C3CNC3)c(S(N)(=O)=O)c2-c2nnn[nH]2)c1. The maximum atomic E-state index is 13.1. The predicted molar refractivity (Wildman–Crippen MR) is 102 cm³/mol. The van der Waals surface area contributed by atoms with E-state index in [9.17, 15) is 16.8 Å². The second kappa shape index (κ2) is 6.84. The molecule has 3 heterocycles. The molecule has 0 radical (unpaired) electrons. The van der Waals surface area contributed by atoms with Crippen LogP contribution in [-0.4, -0.2) is 60.8 Å². The quantitative estimate of drug-likeness (QED) is 0.380. The molecule has 29 heavy (non-hydrogen) atoms. The minimum absolute atomic E-state index is 0.0600. The first-order valence-corrected chi connectivity index (χ1v) is 11.4. The van der Waals surface area contributed by atoms with Gasteiger partial charge in [-0.25, -0.2) is 27.1 Å². The van der Waals surface area contributed by atoms with Crippen molar-refractivity contribution >= 4 is 25.5 Å². The van der Waals surface area contributed by atoms with Crippen molar-refractivity contribution in [3.8, 4) is 22.5 Å². The van der Waals surface area contributed by atoms with E-state index >= 15 is 0 Å². The lowest BCUT2D eigenvalue weighted by atomic mass is 10.0. The number of hydrogen-bond donors (Lipinski definition) is 4. The number of nitrogens with two attached hydrogens (primary N) is 2. The lowest BCUT2D eigenvalue weighted by Gasteiger charge is -2.28. The Labute approximate surface area is 165 Å². The van der Waals surface area contributed by atoms with Crippen LogP contribution in [0.4, 0.5) is 5.69 Å². The summed E-state index contributed by atoms with van der Waals surface area (Å²) < 4.78 is 51.2. The van der Waals surface area contributed by atoms with E-state index in [1.807, 2.05) is 0 Å². The number of aromatic nitrogens is 5. The second-order valence-electron chi connectivity index (χ2n) is 6.44. The average molecular weight is 436 g/mol. The highest BCUT2D eigenvalue weighted by atomic mass is 32.2. The molecule has 1 aliphatic heterocycles. The Morgan fingerprint density at radius 3 is 2.41 bits per heavy atom. The Morgan fingerprint density at radius 2 is 1.86 bits per heavy atom. The zero-order valence-electron chi connectivity index (χ0n) is 14.8.